The lowest BCUT2D eigenvalue weighted by molar-refractivity contribution is -0.136. The fourth-order valence-corrected chi connectivity index (χ4v) is 1.70. The maximum absolute atomic E-state index is 11.7. The van der Waals surface area contributed by atoms with E-state index >= 15 is 0 Å². The molecule has 0 aliphatic rings. The van der Waals surface area contributed by atoms with E-state index in [1.807, 2.05) is 12.1 Å². The molecule has 2 amide bonds. The number of ether oxygens (including phenoxy) is 1. The molecule has 7 nitrogen and oxygen atoms in total. The first-order chi connectivity index (χ1) is 10.1. The number of rotatable bonds is 4. The van der Waals surface area contributed by atoms with E-state index in [2.05, 4.69) is 15.8 Å². The minimum absolute atomic E-state index is 0.189. The molecule has 1 aromatic carbocycles. The summed E-state index contributed by atoms with van der Waals surface area (Å²) in [6.45, 7) is 1.87. The number of methoxy groups -OCH3 is 1. The molecule has 0 bridgehead atoms. The number of aromatic nitrogens is 1. The van der Waals surface area contributed by atoms with Crippen molar-refractivity contribution < 1.29 is 18.8 Å². The second-order valence-electron chi connectivity index (χ2n) is 4.27. The lowest BCUT2D eigenvalue weighted by Gasteiger charge is -2.09. The Hall–Kier alpha value is -2.83. The van der Waals surface area contributed by atoms with Crippen molar-refractivity contribution in [3.63, 3.8) is 0 Å². The Kier molecular flexibility index (Phi) is 4.55. The van der Waals surface area contributed by atoms with E-state index in [0.717, 1.165) is 5.56 Å². The number of carbonyl (C=O) groups is 2. The van der Waals surface area contributed by atoms with Gasteiger partial charge >= 0.3 is 11.8 Å². The average Bonchev–Trinajstić information content (AvgIpc) is 2.90. The van der Waals surface area contributed by atoms with Gasteiger partial charge in [-0.2, -0.15) is 0 Å². The number of hydrogen-bond acceptors (Lipinski definition) is 5. The molecular formula is C14H15N3O4. The van der Waals surface area contributed by atoms with E-state index in [-0.39, 0.29) is 12.4 Å². The average molecular weight is 289 g/mol. The van der Waals surface area contributed by atoms with Crippen LogP contribution in [0.1, 0.15) is 11.3 Å². The number of amides is 2. The molecule has 1 aromatic heterocycles. The van der Waals surface area contributed by atoms with Crippen LogP contribution in [0, 0.1) is 6.92 Å². The maximum atomic E-state index is 11.7. The van der Waals surface area contributed by atoms with Gasteiger partial charge in [-0.05, 0) is 13.0 Å². The van der Waals surface area contributed by atoms with Crippen molar-refractivity contribution in [1.29, 1.82) is 0 Å². The van der Waals surface area contributed by atoms with Crippen LogP contribution in [-0.2, 0) is 16.1 Å². The quantitative estimate of drug-likeness (QED) is 0.826. The third kappa shape index (κ3) is 3.82. The standard InChI is InChI=1S/C14H15N3O4/c1-9-7-12(17-21-9)16-14(19)13(18)15-8-10-5-3-4-6-11(10)20-2/h3-7H,8H2,1-2H3,(H,15,18)(H,16,17,19). The Labute approximate surface area is 121 Å². The molecule has 2 aromatic rings. The Bertz CT molecular complexity index is 651. The Morgan fingerprint density at radius 1 is 1.29 bits per heavy atom. The van der Waals surface area contributed by atoms with E-state index < -0.39 is 11.8 Å². The SMILES string of the molecule is COc1ccccc1CNC(=O)C(=O)Nc1cc(C)on1. The van der Waals surface area contributed by atoms with Crippen molar-refractivity contribution in [2.45, 2.75) is 13.5 Å². The van der Waals surface area contributed by atoms with E-state index in [9.17, 15) is 9.59 Å². The number of nitrogens with one attached hydrogen (secondary N) is 2. The van der Waals surface area contributed by atoms with Gasteiger partial charge in [-0.3, -0.25) is 14.9 Å². The molecule has 0 fully saturated rings. The first-order valence-electron chi connectivity index (χ1n) is 6.24. The second kappa shape index (κ2) is 6.56. The molecule has 21 heavy (non-hydrogen) atoms. The summed E-state index contributed by atoms with van der Waals surface area (Å²) in [5.74, 6) is -0.185. The third-order valence-corrected chi connectivity index (χ3v) is 2.71. The zero-order valence-electron chi connectivity index (χ0n) is 11.7. The summed E-state index contributed by atoms with van der Waals surface area (Å²) < 4.78 is 9.95. The highest BCUT2D eigenvalue weighted by Crippen LogP contribution is 2.16. The van der Waals surface area contributed by atoms with Crippen LogP contribution in [0.5, 0.6) is 5.75 Å². The molecular weight excluding hydrogens is 274 g/mol. The van der Waals surface area contributed by atoms with Gasteiger partial charge in [0.25, 0.3) is 0 Å². The maximum Gasteiger partial charge on any atom is 0.314 e. The molecule has 2 rings (SSSR count). The number of carbonyl (C=O) groups excluding carboxylic acids is 2. The highest BCUT2D eigenvalue weighted by atomic mass is 16.5. The molecule has 2 N–H and O–H groups in total. The lowest BCUT2D eigenvalue weighted by Crippen LogP contribution is -2.35. The zero-order chi connectivity index (χ0) is 15.2. The van der Waals surface area contributed by atoms with Gasteiger partial charge in [0, 0.05) is 18.2 Å². The second-order valence-corrected chi connectivity index (χ2v) is 4.27. The predicted molar refractivity (Wildman–Crippen MR) is 74.7 cm³/mol. The van der Waals surface area contributed by atoms with Gasteiger partial charge < -0.3 is 14.6 Å². The first-order valence-corrected chi connectivity index (χ1v) is 6.24. The van der Waals surface area contributed by atoms with Gasteiger partial charge in [-0.1, -0.05) is 23.4 Å². The summed E-state index contributed by atoms with van der Waals surface area (Å²) in [6, 6.07) is 8.75. The van der Waals surface area contributed by atoms with E-state index in [0.29, 0.717) is 11.5 Å². The fourth-order valence-electron chi connectivity index (χ4n) is 1.70. The molecule has 7 heteroatoms. The Balaban J connectivity index is 1.90. The van der Waals surface area contributed by atoms with Crippen molar-refractivity contribution in [3.05, 3.63) is 41.7 Å². The smallest absolute Gasteiger partial charge is 0.314 e. The number of benzene rings is 1. The highest BCUT2D eigenvalue weighted by molar-refractivity contribution is 6.39. The molecule has 0 saturated heterocycles. The third-order valence-electron chi connectivity index (χ3n) is 2.71. The largest absolute Gasteiger partial charge is 0.496 e. The van der Waals surface area contributed by atoms with Crippen LogP contribution >= 0.6 is 0 Å². The molecule has 0 atom stereocenters. The van der Waals surface area contributed by atoms with Crippen molar-refractivity contribution in [3.8, 4) is 5.75 Å². The van der Waals surface area contributed by atoms with Crippen LogP contribution in [0.3, 0.4) is 0 Å². The van der Waals surface area contributed by atoms with Gasteiger partial charge in [-0.15, -0.1) is 0 Å². The number of aryl methyl sites for hydroxylation is 1. The number of para-hydroxylation sites is 1. The molecule has 1 heterocycles. The van der Waals surface area contributed by atoms with Crippen molar-refractivity contribution in [2.24, 2.45) is 0 Å². The fraction of sp³-hybridized carbons (Fsp3) is 0.214. The summed E-state index contributed by atoms with van der Waals surface area (Å²) in [5.41, 5.74) is 0.776. The first kappa shape index (κ1) is 14.6. The molecule has 0 radical (unpaired) electrons. The van der Waals surface area contributed by atoms with Crippen molar-refractivity contribution >= 4 is 17.6 Å². The van der Waals surface area contributed by atoms with E-state index in [1.54, 1.807) is 26.2 Å². The number of nitrogens with zero attached hydrogens (tertiary/aromatic N) is 1. The normalized spacial score (nSPS) is 10.0. The van der Waals surface area contributed by atoms with Crippen LogP contribution in [0.25, 0.3) is 0 Å². The minimum Gasteiger partial charge on any atom is -0.496 e. The molecule has 0 spiro atoms. The molecule has 0 saturated carbocycles. The molecule has 0 aliphatic heterocycles. The van der Waals surface area contributed by atoms with Gasteiger partial charge in [-0.25, -0.2) is 0 Å². The number of anilines is 1. The number of hydrogen-bond donors (Lipinski definition) is 2. The minimum atomic E-state index is -0.807. The van der Waals surface area contributed by atoms with Gasteiger partial charge in [0.1, 0.15) is 11.5 Å². The molecule has 0 unspecified atom stereocenters. The Morgan fingerprint density at radius 2 is 2.05 bits per heavy atom. The van der Waals surface area contributed by atoms with Crippen molar-refractivity contribution in [1.82, 2.24) is 10.5 Å². The summed E-state index contributed by atoms with van der Waals surface area (Å²) in [7, 11) is 1.54. The van der Waals surface area contributed by atoms with Gasteiger partial charge in [0.15, 0.2) is 5.82 Å². The monoisotopic (exact) mass is 289 g/mol. The zero-order valence-corrected chi connectivity index (χ0v) is 11.7. The molecule has 110 valence electrons. The lowest BCUT2D eigenvalue weighted by atomic mass is 10.2. The topological polar surface area (TPSA) is 93.5 Å². The summed E-state index contributed by atoms with van der Waals surface area (Å²) in [6.07, 6.45) is 0. The van der Waals surface area contributed by atoms with Crippen LogP contribution in [-0.4, -0.2) is 24.1 Å². The molecule has 0 aliphatic carbocycles. The van der Waals surface area contributed by atoms with Crippen LogP contribution in [0.15, 0.2) is 34.9 Å². The van der Waals surface area contributed by atoms with Crippen LogP contribution in [0.4, 0.5) is 5.82 Å². The highest BCUT2D eigenvalue weighted by Gasteiger charge is 2.15. The van der Waals surface area contributed by atoms with Gasteiger partial charge in [0.2, 0.25) is 0 Å². The van der Waals surface area contributed by atoms with Crippen LogP contribution < -0.4 is 15.4 Å². The summed E-state index contributed by atoms with van der Waals surface area (Å²) in [5, 5.41) is 8.43. The van der Waals surface area contributed by atoms with Gasteiger partial charge in [0.05, 0.1) is 7.11 Å². The van der Waals surface area contributed by atoms with Crippen LogP contribution in [0.2, 0.25) is 0 Å². The van der Waals surface area contributed by atoms with E-state index in [4.69, 9.17) is 9.26 Å². The summed E-state index contributed by atoms with van der Waals surface area (Å²) in [4.78, 5) is 23.4. The predicted octanol–water partition coefficient (Wildman–Crippen LogP) is 1.25. The Morgan fingerprint density at radius 3 is 2.71 bits per heavy atom. The summed E-state index contributed by atoms with van der Waals surface area (Å²) >= 11 is 0. The van der Waals surface area contributed by atoms with E-state index in [1.165, 1.54) is 6.07 Å². The van der Waals surface area contributed by atoms with Crippen molar-refractivity contribution in [2.75, 3.05) is 12.4 Å².